The molecular weight excluding hydrogens is 336 g/mol. The van der Waals surface area contributed by atoms with Gasteiger partial charge in [0.2, 0.25) is 0 Å². The summed E-state index contributed by atoms with van der Waals surface area (Å²) in [5.41, 5.74) is 2.91. The SMILES string of the molecule is CC(NC(=O)c1ccc(CN2CCOCC2)cc1)c1ccc(Cl)cc1. The Bertz CT molecular complexity index is 695. The molecule has 0 aromatic heterocycles. The van der Waals surface area contributed by atoms with E-state index in [1.165, 1.54) is 5.56 Å². The largest absolute Gasteiger partial charge is 0.379 e. The molecule has 1 N–H and O–H groups in total. The first kappa shape index (κ1) is 17.9. The quantitative estimate of drug-likeness (QED) is 0.886. The van der Waals surface area contributed by atoms with Crippen LogP contribution in [0.2, 0.25) is 5.02 Å². The molecular formula is C20H23ClN2O2. The molecule has 0 bridgehead atoms. The number of halogens is 1. The van der Waals surface area contributed by atoms with Crippen molar-refractivity contribution in [2.75, 3.05) is 26.3 Å². The number of nitrogens with zero attached hydrogens (tertiary/aromatic N) is 1. The van der Waals surface area contributed by atoms with Crippen molar-refractivity contribution in [3.05, 3.63) is 70.2 Å². The van der Waals surface area contributed by atoms with Gasteiger partial charge >= 0.3 is 0 Å². The summed E-state index contributed by atoms with van der Waals surface area (Å²) >= 11 is 5.90. The van der Waals surface area contributed by atoms with E-state index >= 15 is 0 Å². The van der Waals surface area contributed by atoms with Gasteiger partial charge in [-0.1, -0.05) is 35.9 Å². The normalized spacial score (nSPS) is 16.4. The van der Waals surface area contributed by atoms with Crippen LogP contribution in [0.4, 0.5) is 0 Å². The zero-order valence-electron chi connectivity index (χ0n) is 14.4. The van der Waals surface area contributed by atoms with E-state index in [0.717, 1.165) is 38.4 Å². The summed E-state index contributed by atoms with van der Waals surface area (Å²) in [5, 5.41) is 3.72. The van der Waals surface area contributed by atoms with Gasteiger partial charge in [-0.15, -0.1) is 0 Å². The zero-order valence-corrected chi connectivity index (χ0v) is 15.1. The molecule has 3 rings (SSSR count). The van der Waals surface area contributed by atoms with Gasteiger partial charge in [0.15, 0.2) is 0 Å². The van der Waals surface area contributed by atoms with E-state index in [1.807, 2.05) is 55.5 Å². The molecule has 0 radical (unpaired) electrons. The summed E-state index contributed by atoms with van der Waals surface area (Å²) in [5.74, 6) is -0.0691. The van der Waals surface area contributed by atoms with Gasteiger partial charge in [-0.2, -0.15) is 0 Å². The number of nitrogens with one attached hydrogen (secondary N) is 1. The second-order valence-electron chi connectivity index (χ2n) is 6.33. The van der Waals surface area contributed by atoms with Crippen molar-refractivity contribution in [2.45, 2.75) is 19.5 Å². The Morgan fingerprint density at radius 3 is 2.40 bits per heavy atom. The average Bonchev–Trinajstić information content (AvgIpc) is 2.63. The fourth-order valence-corrected chi connectivity index (χ4v) is 3.02. The maximum Gasteiger partial charge on any atom is 0.251 e. The van der Waals surface area contributed by atoms with Crippen molar-refractivity contribution in [2.24, 2.45) is 0 Å². The van der Waals surface area contributed by atoms with Crippen molar-refractivity contribution >= 4 is 17.5 Å². The number of morpholine rings is 1. The van der Waals surface area contributed by atoms with Crippen molar-refractivity contribution in [3.8, 4) is 0 Å². The highest BCUT2D eigenvalue weighted by Gasteiger charge is 2.13. The van der Waals surface area contributed by atoms with E-state index in [0.29, 0.717) is 10.6 Å². The summed E-state index contributed by atoms with van der Waals surface area (Å²) in [7, 11) is 0. The molecule has 1 saturated heterocycles. The van der Waals surface area contributed by atoms with Crippen LogP contribution in [0, 0.1) is 0 Å². The van der Waals surface area contributed by atoms with Gasteiger partial charge in [0.1, 0.15) is 0 Å². The van der Waals surface area contributed by atoms with E-state index in [2.05, 4.69) is 10.2 Å². The van der Waals surface area contributed by atoms with Crippen molar-refractivity contribution < 1.29 is 9.53 Å². The Hall–Kier alpha value is -1.88. The minimum Gasteiger partial charge on any atom is -0.379 e. The van der Waals surface area contributed by atoms with Crippen LogP contribution in [-0.2, 0) is 11.3 Å². The molecule has 1 heterocycles. The van der Waals surface area contributed by atoms with E-state index in [1.54, 1.807) is 0 Å². The van der Waals surface area contributed by atoms with Gasteiger partial charge in [-0.3, -0.25) is 9.69 Å². The fraction of sp³-hybridized carbons (Fsp3) is 0.350. The summed E-state index contributed by atoms with van der Waals surface area (Å²) in [4.78, 5) is 14.8. The molecule has 25 heavy (non-hydrogen) atoms. The Labute approximate surface area is 153 Å². The number of amides is 1. The first-order valence-corrected chi connectivity index (χ1v) is 8.95. The van der Waals surface area contributed by atoms with Crippen LogP contribution < -0.4 is 5.32 Å². The first-order valence-electron chi connectivity index (χ1n) is 8.57. The molecule has 0 saturated carbocycles. The highest BCUT2D eigenvalue weighted by atomic mass is 35.5. The van der Waals surface area contributed by atoms with Crippen LogP contribution in [0.3, 0.4) is 0 Å². The number of carbonyl (C=O) groups excluding carboxylic acids is 1. The predicted octanol–water partition coefficient (Wildman–Crippen LogP) is 3.66. The number of benzene rings is 2. The molecule has 1 unspecified atom stereocenters. The van der Waals surface area contributed by atoms with Gasteiger partial charge in [-0.05, 0) is 42.3 Å². The molecule has 132 valence electrons. The van der Waals surface area contributed by atoms with Gasteiger partial charge in [0, 0.05) is 30.2 Å². The molecule has 1 fully saturated rings. The molecule has 1 aliphatic heterocycles. The Balaban J connectivity index is 1.57. The molecule has 4 nitrogen and oxygen atoms in total. The molecule has 1 amide bonds. The lowest BCUT2D eigenvalue weighted by Crippen LogP contribution is -2.35. The highest BCUT2D eigenvalue weighted by Crippen LogP contribution is 2.17. The lowest BCUT2D eigenvalue weighted by atomic mass is 10.1. The Morgan fingerprint density at radius 2 is 1.76 bits per heavy atom. The van der Waals surface area contributed by atoms with Gasteiger partial charge < -0.3 is 10.1 Å². The maximum atomic E-state index is 12.4. The van der Waals surface area contributed by atoms with Crippen LogP contribution in [-0.4, -0.2) is 37.1 Å². The zero-order chi connectivity index (χ0) is 17.6. The predicted molar refractivity (Wildman–Crippen MR) is 99.9 cm³/mol. The molecule has 2 aromatic carbocycles. The molecule has 1 atom stereocenters. The van der Waals surface area contributed by atoms with Gasteiger partial charge in [0.05, 0.1) is 19.3 Å². The number of carbonyl (C=O) groups is 1. The molecule has 0 aliphatic carbocycles. The Kier molecular flexibility index (Phi) is 6.08. The second-order valence-corrected chi connectivity index (χ2v) is 6.77. The number of ether oxygens (including phenoxy) is 1. The van der Waals surface area contributed by atoms with Gasteiger partial charge in [0.25, 0.3) is 5.91 Å². The topological polar surface area (TPSA) is 41.6 Å². The third kappa shape index (κ3) is 5.05. The number of hydrogen-bond acceptors (Lipinski definition) is 3. The van der Waals surface area contributed by atoms with E-state index < -0.39 is 0 Å². The van der Waals surface area contributed by atoms with E-state index in [-0.39, 0.29) is 11.9 Å². The summed E-state index contributed by atoms with van der Waals surface area (Å²) in [6, 6.07) is 15.3. The van der Waals surface area contributed by atoms with Crippen molar-refractivity contribution in [1.29, 1.82) is 0 Å². The third-order valence-corrected chi connectivity index (χ3v) is 4.70. The first-order chi connectivity index (χ1) is 12.1. The van der Waals surface area contributed by atoms with Crippen LogP contribution in [0.5, 0.6) is 0 Å². The molecule has 1 aliphatic rings. The lowest BCUT2D eigenvalue weighted by Gasteiger charge is -2.26. The minimum absolute atomic E-state index is 0.0691. The number of rotatable bonds is 5. The smallest absolute Gasteiger partial charge is 0.251 e. The minimum atomic E-state index is -0.0715. The summed E-state index contributed by atoms with van der Waals surface area (Å²) in [6.07, 6.45) is 0. The van der Waals surface area contributed by atoms with Crippen LogP contribution in [0.25, 0.3) is 0 Å². The highest BCUT2D eigenvalue weighted by molar-refractivity contribution is 6.30. The van der Waals surface area contributed by atoms with Crippen molar-refractivity contribution in [1.82, 2.24) is 10.2 Å². The monoisotopic (exact) mass is 358 g/mol. The van der Waals surface area contributed by atoms with Gasteiger partial charge in [-0.25, -0.2) is 0 Å². The molecule has 0 spiro atoms. The standard InChI is InChI=1S/C20H23ClN2O2/c1-15(17-6-8-19(21)9-7-17)22-20(24)18-4-2-16(3-5-18)14-23-10-12-25-13-11-23/h2-9,15H,10-14H2,1H3,(H,22,24). The second kappa shape index (κ2) is 8.48. The summed E-state index contributed by atoms with van der Waals surface area (Å²) < 4.78 is 5.37. The fourth-order valence-electron chi connectivity index (χ4n) is 2.89. The third-order valence-electron chi connectivity index (χ3n) is 4.44. The molecule has 5 heteroatoms. The molecule has 2 aromatic rings. The lowest BCUT2D eigenvalue weighted by molar-refractivity contribution is 0.0342. The van der Waals surface area contributed by atoms with Crippen LogP contribution in [0.15, 0.2) is 48.5 Å². The van der Waals surface area contributed by atoms with Crippen molar-refractivity contribution in [3.63, 3.8) is 0 Å². The average molecular weight is 359 g/mol. The number of hydrogen-bond donors (Lipinski definition) is 1. The van der Waals surface area contributed by atoms with Crippen LogP contribution in [0.1, 0.15) is 34.5 Å². The maximum absolute atomic E-state index is 12.4. The summed E-state index contributed by atoms with van der Waals surface area (Å²) in [6.45, 7) is 6.37. The Morgan fingerprint density at radius 1 is 1.12 bits per heavy atom. The van der Waals surface area contributed by atoms with E-state index in [4.69, 9.17) is 16.3 Å². The van der Waals surface area contributed by atoms with Crippen LogP contribution >= 0.6 is 11.6 Å². The van der Waals surface area contributed by atoms with E-state index in [9.17, 15) is 4.79 Å².